The predicted octanol–water partition coefficient (Wildman–Crippen LogP) is 14.8. The van der Waals surface area contributed by atoms with Gasteiger partial charge in [0.1, 0.15) is 11.2 Å². The van der Waals surface area contributed by atoms with Gasteiger partial charge in [-0.3, -0.25) is 0 Å². The smallest absolute Gasteiger partial charge is 0.164 e. The van der Waals surface area contributed by atoms with Gasteiger partial charge in [0.25, 0.3) is 0 Å². The fourth-order valence-corrected chi connectivity index (χ4v) is 9.91. The second kappa shape index (κ2) is 13.2. The fraction of sp³-hybridized carbons (Fsp3) is 0.0377. The molecular formula is C53H33N3OS. The highest BCUT2D eigenvalue weighted by Crippen LogP contribution is 2.47. The normalized spacial score (nSPS) is 13.1. The first kappa shape index (κ1) is 33.0. The van der Waals surface area contributed by atoms with E-state index in [1.165, 1.54) is 47.5 Å². The Morgan fingerprint density at radius 3 is 2.00 bits per heavy atom. The average Bonchev–Trinajstić information content (AvgIpc) is 3.89. The van der Waals surface area contributed by atoms with Gasteiger partial charge in [-0.25, -0.2) is 15.0 Å². The summed E-state index contributed by atoms with van der Waals surface area (Å²) in [4.78, 5) is 15.7. The average molecular weight is 760 g/mol. The highest BCUT2D eigenvalue weighted by molar-refractivity contribution is 7.26. The molecule has 4 nitrogen and oxygen atoms in total. The van der Waals surface area contributed by atoms with Crippen molar-refractivity contribution in [2.24, 2.45) is 0 Å². The van der Waals surface area contributed by atoms with Gasteiger partial charge in [0.2, 0.25) is 0 Å². The van der Waals surface area contributed by atoms with E-state index in [-0.39, 0.29) is 0 Å². The Hall–Kier alpha value is -7.21. The van der Waals surface area contributed by atoms with Gasteiger partial charge in [-0.05, 0) is 87.5 Å². The largest absolute Gasteiger partial charge is 0.455 e. The lowest BCUT2D eigenvalue weighted by molar-refractivity contribution is 0.670. The van der Waals surface area contributed by atoms with Crippen LogP contribution < -0.4 is 0 Å². The van der Waals surface area contributed by atoms with Crippen molar-refractivity contribution < 1.29 is 4.42 Å². The monoisotopic (exact) mass is 759 g/mol. The number of fused-ring (bicyclic) bond motifs is 9. The molecule has 1 aliphatic rings. The standard InChI is InChI=1S/C53H33N3OS/c1-2-11-32(12-3-1)34-21-24-36(25-22-34)51-54-52(38-26-23-33-13-4-5-15-37(33)31-38)56-53(55-51)43-29-28-41(50-47(43)42-17-8-9-19-44(42)57-50)40-18-10-20-45-49(40)48-39-16-7-6-14-35(39)27-30-46(48)58-45/h2,4-31H,1,3H2. The number of allylic oxidation sites excluding steroid dienone is 4. The zero-order valence-electron chi connectivity index (χ0n) is 31.3. The lowest BCUT2D eigenvalue weighted by Gasteiger charge is -2.12. The third kappa shape index (κ3) is 5.32. The molecule has 12 rings (SSSR count). The number of rotatable bonds is 5. The Morgan fingerprint density at radius 1 is 0.448 bits per heavy atom. The quantitative estimate of drug-likeness (QED) is 0.175. The van der Waals surface area contributed by atoms with E-state index in [1.807, 2.05) is 17.4 Å². The number of hydrogen-bond acceptors (Lipinski definition) is 5. The molecular weight excluding hydrogens is 727 g/mol. The number of nitrogens with zero attached hydrogens (tertiary/aromatic N) is 3. The van der Waals surface area contributed by atoms with Crippen molar-refractivity contribution >= 4 is 80.6 Å². The summed E-state index contributed by atoms with van der Waals surface area (Å²) < 4.78 is 9.42. The predicted molar refractivity (Wildman–Crippen MR) is 243 cm³/mol. The van der Waals surface area contributed by atoms with Gasteiger partial charge >= 0.3 is 0 Å². The summed E-state index contributed by atoms with van der Waals surface area (Å²) in [6.07, 6.45) is 8.91. The first-order chi connectivity index (χ1) is 28.7. The van der Waals surface area contributed by atoms with E-state index in [0.717, 1.165) is 68.0 Å². The minimum Gasteiger partial charge on any atom is -0.455 e. The van der Waals surface area contributed by atoms with Crippen LogP contribution >= 0.6 is 11.3 Å². The van der Waals surface area contributed by atoms with E-state index in [1.54, 1.807) is 0 Å². The van der Waals surface area contributed by atoms with E-state index in [0.29, 0.717) is 17.5 Å². The topological polar surface area (TPSA) is 51.8 Å². The van der Waals surface area contributed by atoms with E-state index in [9.17, 15) is 0 Å². The highest BCUT2D eigenvalue weighted by Gasteiger charge is 2.23. The number of aromatic nitrogens is 3. The van der Waals surface area contributed by atoms with E-state index in [2.05, 4.69) is 170 Å². The van der Waals surface area contributed by atoms with Crippen LogP contribution in [0.15, 0.2) is 180 Å². The zero-order valence-corrected chi connectivity index (χ0v) is 32.1. The van der Waals surface area contributed by atoms with Crippen molar-refractivity contribution in [2.75, 3.05) is 0 Å². The summed E-state index contributed by atoms with van der Waals surface area (Å²) in [5.41, 5.74) is 9.03. The molecule has 1 aliphatic carbocycles. The first-order valence-electron chi connectivity index (χ1n) is 19.7. The molecule has 8 aromatic carbocycles. The number of benzene rings is 8. The molecule has 58 heavy (non-hydrogen) atoms. The van der Waals surface area contributed by atoms with Crippen LogP contribution in [0, 0.1) is 0 Å². The number of thiophene rings is 1. The second-order valence-corrected chi connectivity index (χ2v) is 16.1. The van der Waals surface area contributed by atoms with Crippen molar-refractivity contribution in [1.82, 2.24) is 15.0 Å². The first-order valence-corrected chi connectivity index (χ1v) is 20.6. The van der Waals surface area contributed by atoms with Gasteiger partial charge in [-0.1, -0.05) is 140 Å². The molecule has 0 atom stereocenters. The number of para-hydroxylation sites is 1. The van der Waals surface area contributed by atoms with Crippen LogP contribution in [0.1, 0.15) is 18.4 Å². The lowest BCUT2D eigenvalue weighted by atomic mass is 9.94. The zero-order chi connectivity index (χ0) is 38.2. The molecule has 0 unspecified atom stereocenters. The lowest BCUT2D eigenvalue weighted by Crippen LogP contribution is -2.01. The molecule has 3 aromatic heterocycles. The van der Waals surface area contributed by atoms with E-state index < -0.39 is 0 Å². The third-order valence-corrected chi connectivity index (χ3v) is 12.7. The van der Waals surface area contributed by atoms with Crippen molar-refractivity contribution in [2.45, 2.75) is 12.8 Å². The molecule has 11 aromatic rings. The van der Waals surface area contributed by atoms with Crippen LogP contribution in [0.25, 0.3) is 115 Å². The molecule has 3 heterocycles. The molecule has 0 bridgehead atoms. The molecule has 0 fully saturated rings. The molecule has 0 spiro atoms. The molecule has 0 saturated carbocycles. The summed E-state index contributed by atoms with van der Waals surface area (Å²) in [6, 6.07) is 55.9. The number of furan rings is 1. The molecule has 0 aliphatic heterocycles. The summed E-state index contributed by atoms with van der Waals surface area (Å²) >= 11 is 1.84. The SMILES string of the molecule is C1=CC(c2ccc(-c3nc(-c4ccc5ccccc5c4)nc(-c4ccc(-c5cccc6sc7ccc8ccccc8c7c56)c5oc6ccccc6c45)n3)cc2)=CCC1. The Labute approximate surface area is 338 Å². The van der Waals surface area contributed by atoms with Crippen LogP contribution in [0.4, 0.5) is 0 Å². The van der Waals surface area contributed by atoms with Crippen LogP contribution in [-0.4, -0.2) is 15.0 Å². The van der Waals surface area contributed by atoms with Crippen molar-refractivity contribution in [3.05, 3.63) is 182 Å². The maximum absolute atomic E-state index is 6.90. The van der Waals surface area contributed by atoms with Crippen molar-refractivity contribution in [3.63, 3.8) is 0 Å². The minimum absolute atomic E-state index is 0.600. The second-order valence-electron chi connectivity index (χ2n) is 15.0. The van der Waals surface area contributed by atoms with Gasteiger partial charge < -0.3 is 4.42 Å². The van der Waals surface area contributed by atoms with Crippen LogP contribution in [0.2, 0.25) is 0 Å². The summed E-state index contributed by atoms with van der Waals surface area (Å²) in [6.45, 7) is 0. The molecule has 0 radical (unpaired) electrons. The van der Waals surface area contributed by atoms with Crippen molar-refractivity contribution in [3.8, 4) is 45.3 Å². The summed E-state index contributed by atoms with van der Waals surface area (Å²) in [7, 11) is 0. The van der Waals surface area contributed by atoms with Crippen LogP contribution in [0.5, 0.6) is 0 Å². The minimum atomic E-state index is 0.600. The van der Waals surface area contributed by atoms with Gasteiger partial charge in [-0.15, -0.1) is 11.3 Å². The van der Waals surface area contributed by atoms with Crippen LogP contribution in [-0.2, 0) is 0 Å². The van der Waals surface area contributed by atoms with Gasteiger partial charge in [0.05, 0.1) is 0 Å². The third-order valence-electron chi connectivity index (χ3n) is 11.6. The Morgan fingerprint density at radius 2 is 1.14 bits per heavy atom. The van der Waals surface area contributed by atoms with Gasteiger partial charge in [0.15, 0.2) is 17.5 Å². The molecule has 0 amide bonds. The van der Waals surface area contributed by atoms with E-state index >= 15 is 0 Å². The van der Waals surface area contributed by atoms with Crippen molar-refractivity contribution in [1.29, 1.82) is 0 Å². The number of hydrogen-bond donors (Lipinski definition) is 0. The Bertz CT molecular complexity index is 3520. The molecule has 5 heteroatoms. The summed E-state index contributed by atoms with van der Waals surface area (Å²) in [5, 5.41) is 9.35. The van der Waals surface area contributed by atoms with Gasteiger partial charge in [0, 0.05) is 53.2 Å². The Balaban J connectivity index is 1.10. The molecule has 272 valence electrons. The molecule has 0 N–H and O–H groups in total. The highest BCUT2D eigenvalue weighted by atomic mass is 32.1. The Kier molecular flexibility index (Phi) is 7.50. The summed E-state index contributed by atoms with van der Waals surface area (Å²) in [5.74, 6) is 1.85. The van der Waals surface area contributed by atoms with E-state index in [4.69, 9.17) is 19.4 Å². The van der Waals surface area contributed by atoms with Gasteiger partial charge in [-0.2, -0.15) is 0 Å². The fourth-order valence-electron chi connectivity index (χ4n) is 8.76. The van der Waals surface area contributed by atoms with Crippen LogP contribution in [0.3, 0.4) is 0 Å². The molecule has 0 saturated heterocycles. The maximum atomic E-state index is 6.90. The maximum Gasteiger partial charge on any atom is 0.164 e.